The van der Waals surface area contributed by atoms with Crippen LogP contribution in [0, 0.1) is 0 Å². The SMILES string of the molecule is [2H]C1C=C(C2=CN(C3CCC(OCCOC)CC3)CS2)C=CC1. The first-order valence-corrected chi connectivity index (χ1v) is 9.26. The number of allylic oxidation sites excluding steroid dienone is 4. The number of methoxy groups -OCH3 is 1. The van der Waals surface area contributed by atoms with Gasteiger partial charge in [0.2, 0.25) is 0 Å². The molecule has 0 aromatic carbocycles. The number of hydrogen-bond acceptors (Lipinski definition) is 4. The van der Waals surface area contributed by atoms with E-state index in [1.54, 1.807) is 7.11 Å². The van der Waals surface area contributed by atoms with Crippen LogP contribution in [0.25, 0.3) is 0 Å². The maximum absolute atomic E-state index is 7.90. The molecule has 0 aromatic heterocycles. The summed E-state index contributed by atoms with van der Waals surface area (Å²) in [5, 5.41) is 0. The molecule has 1 atom stereocenters. The second-order valence-electron chi connectivity index (χ2n) is 6.07. The van der Waals surface area contributed by atoms with Crippen molar-refractivity contribution in [3.8, 4) is 0 Å². The molecule has 122 valence electrons. The molecule has 0 bridgehead atoms. The van der Waals surface area contributed by atoms with Gasteiger partial charge in [0.25, 0.3) is 0 Å². The van der Waals surface area contributed by atoms with Gasteiger partial charge in [-0.25, -0.2) is 0 Å². The molecule has 0 spiro atoms. The van der Waals surface area contributed by atoms with E-state index in [0.717, 1.165) is 25.1 Å². The average molecular weight is 322 g/mol. The van der Waals surface area contributed by atoms with Crippen LogP contribution in [-0.2, 0) is 9.47 Å². The molecule has 3 aliphatic rings. The molecule has 1 saturated carbocycles. The lowest BCUT2D eigenvalue weighted by Gasteiger charge is -2.34. The van der Waals surface area contributed by atoms with Crippen LogP contribution in [0.5, 0.6) is 0 Å². The molecule has 1 unspecified atom stereocenters. The van der Waals surface area contributed by atoms with Crippen LogP contribution in [0.3, 0.4) is 0 Å². The van der Waals surface area contributed by atoms with Gasteiger partial charge >= 0.3 is 0 Å². The zero-order valence-electron chi connectivity index (χ0n) is 14.4. The van der Waals surface area contributed by atoms with Crippen LogP contribution in [0.1, 0.15) is 39.9 Å². The summed E-state index contributed by atoms with van der Waals surface area (Å²) in [7, 11) is 1.72. The molecular formula is C18H27NO2S. The Balaban J connectivity index is 1.49. The number of hydrogen-bond donors (Lipinski definition) is 0. The molecule has 1 heterocycles. The number of ether oxygens (including phenoxy) is 2. The summed E-state index contributed by atoms with van der Waals surface area (Å²) >= 11 is 1.91. The minimum absolute atomic E-state index is 0.0785. The first-order chi connectivity index (χ1) is 11.3. The summed E-state index contributed by atoms with van der Waals surface area (Å²) in [5.74, 6) is 1.04. The van der Waals surface area contributed by atoms with Gasteiger partial charge in [-0.3, -0.25) is 0 Å². The summed E-state index contributed by atoms with van der Waals surface area (Å²) in [5.41, 5.74) is 1.24. The molecule has 0 saturated heterocycles. The molecule has 1 fully saturated rings. The Bertz CT molecular complexity index is 483. The quantitative estimate of drug-likeness (QED) is 0.687. The standard InChI is InChI=1S/C18H27NO2S/c1-20-11-12-21-17-9-7-16(8-10-17)19-13-18(22-14-19)15-5-3-2-4-6-15/h3,5-6,13,16-17H,2,4,7-12,14H2,1H3/i4D. The summed E-state index contributed by atoms with van der Waals surface area (Å²) in [6.45, 7) is 1.40. The molecule has 0 aromatic rings. The van der Waals surface area contributed by atoms with E-state index < -0.39 is 0 Å². The fraction of sp³-hybridized carbons (Fsp3) is 0.667. The van der Waals surface area contributed by atoms with Gasteiger partial charge in [-0.15, -0.1) is 11.8 Å². The van der Waals surface area contributed by atoms with E-state index in [1.807, 2.05) is 11.8 Å². The predicted octanol–water partition coefficient (Wildman–Crippen LogP) is 4.08. The molecule has 4 heteroatoms. The Morgan fingerprint density at radius 2 is 2.18 bits per heavy atom. The fourth-order valence-corrected chi connectivity index (χ4v) is 4.35. The Kier molecular flexibility index (Phi) is 5.56. The van der Waals surface area contributed by atoms with Crippen molar-refractivity contribution >= 4 is 11.8 Å². The smallest absolute Gasteiger partial charge is 0.0704 e. The summed E-state index contributed by atoms with van der Waals surface area (Å²) in [4.78, 5) is 3.82. The second kappa shape index (κ2) is 8.23. The molecule has 0 radical (unpaired) electrons. The minimum atomic E-state index is -0.0785. The lowest BCUT2D eigenvalue weighted by Crippen LogP contribution is -2.35. The van der Waals surface area contributed by atoms with Crippen molar-refractivity contribution in [2.24, 2.45) is 0 Å². The third kappa shape index (κ3) is 4.18. The van der Waals surface area contributed by atoms with E-state index in [2.05, 4.69) is 29.3 Å². The number of nitrogens with zero attached hydrogens (tertiary/aromatic N) is 1. The largest absolute Gasteiger partial charge is 0.382 e. The highest BCUT2D eigenvalue weighted by atomic mass is 32.2. The Labute approximate surface area is 139 Å². The molecule has 3 rings (SSSR count). The number of rotatable bonds is 6. The van der Waals surface area contributed by atoms with E-state index >= 15 is 0 Å². The third-order valence-electron chi connectivity index (χ3n) is 4.56. The van der Waals surface area contributed by atoms with Gasteiger partial charge in [-0.1, -0.05) is 18.2 Å². The van der Waals surface area contributed by atoms with Crippen LogP contribution < -0.4 is 0 Å². The van der Waals surface area contributed by atoms with Crippen molar-refractivity contribution in [1.29, 1.82) is 0 Å². The third-order valence-corrected chi connectivity index (χ3v) is 5.64. The van der Waals surface area contributed by atoms with E-state index in [4.69, 9.17) is 10.8 Å². The molecular weight excluding hydrogens is 294 g/mol. The van der Waals surface area contributed by atoms with Gasteiger partial charge in [-0.2, -0.15) is 0 Å². The summed E-state index contributed by atoms with van der Waals surface area (Å²) < 4.78 is 18.8. The predicted molar refractivity (Wildman–Crippen MR) is 92.7 cm³/mol. The van der Waals surface area contributed by atoms with Gasteiger partial charge in [0.05, 0.1) is 25.2 Å². The highest BCUT2D eigenvalue weighted by Crippen LogP contribution is 2.37. The second-order valence-corrected chi connectivity index (χ2v) is 7.06. The first kappa shape index (κ1) is 14.9. The van der Waals surface area contributed by atoms with Crippen molar-refractivity contribution in [3.63, 3.8) is 0 Å². The fourth-order valence-electron chi connectivity index (χ4n) is 3.27. The summed E-state index contributed by atoms with van der Waals surface area (Å²) in [6, 6.07) is 0.641. The van der Waals surface area contributed by atoms with Gasteiger partial charge in [-0.05, 0) is 44.1 Å². The Morgan fingerprint density at radius 3 is 2.95 bits per heavy atom. The molecule has 22 heavy (non-hydrogen) atoms. The Hall–Kier alpha value is -0.710. The van der Waals surface area contributed by atoms with Crippen LogP contribution in [-0.4, -0.2) is 43.2 Å². The molecule has 0 N–H and O–H groups in total. The highest BCUT2D eigenvalue weighted by molar-refractivity contribution is 8.03. The maximum Gasteiger partial charge on any atom is 0.0704 e. The molecule has 1 aliphatic heterocycles. The first-order valence-electron chi connectivity index (χ1n) is 8.86. The van der Waals surface area contributed by atoms with Crippen molar-refractivity contribution in [3.05, 3.63) is 34.9 Å². The minimum Gasteiger partial charge on any atom is -0.382 e. The van der Waals surface area contributed by atoms with Crippen molar-refractivity contribution in [1.82, 2.24) is 4.90 Å². The van der Waals surface area contributed by atoms with Crippen LogP contribution in [0.15, 0.2) is 34.9 Å². The van der Waals surface area contributed by atoms with Gasteiger partial charge in [0.15, 0.2) is 0 Å². The van der Waals surface area contributed by atoms with Crippen LogP contribution in [0.2, 0.25) is 0 Å². The topological polar surface area (TPSA) is 21.7 Å². The monoisotopic (exact) mass is 322 g/mol. The van der Waals surface area contributed by atoms with Gasteiger partial charge < -0.3 is 14.4 Å². The van der Waals surface area contributed by atoms with E-state index in [-0.39, 0.29) is 6.40 Å². The van der Waals surface area contributed by atoms with Crippen molar-refractivity contribution < 1.29 is 10.8 Å². The van der Waals surface area contributed by atoms with Crippen LogP contribution in [0.4, 0.5) is 0 Å². The average Bonchev–Trinajstić information content (AvgIpc) is 3.06. The van der Waals surface area contributed by atoms with E-state index in [0.29, 0.717) is 25.4 Å². The normalized spacial score (nSPS) is 32.7. The van der Waals surface area contributed by atoms with E-state index in [9.17, 15) is 0 Å². The lowest BCUT2D eigenvalue weighted by atomic mass is 9.92. The molecule has 2 aliphatic carbocycles. The molecule has 3 nitrogen and oxygen atoms in total. The van der Waals surface area contributed by atoms with Crippen LogP contribution >= 0.6 is 11.8 Å². The van der Waals surface area contributed by atoms with Crippen molar-refractivity contribution in [2.45, 2.75) is 50.6 Å². The summed E-state index contributed by atoms with van der Waals surface area (Å²) in [6.07, 6.45) is 14.6. The zero-order valence-corrected chi connectivity index (χ0v) is 14.2. The van der Waals surface area contributed by atoms with Gasteiger partial charge in [0.1, 0.15) is 0 Å². The zero-order chi connectivity index (χ0) is 16.1. The van der Waals surface area contributed by atoms with Crippen molar-refractivity contribution in [2.75, 3.05) is 26.2 Å². The van der Waals surface area contributed by atoms with E-state index in [1.165, 1.54) is 23.3 Å². The van der Waals surface area contributed by atoms with Gasteiger partial charge in [0, 0.05) is 25.6 Å². The lowest BCUT2D eigenvalue weighted by molar-refractivity contribution is -0.00946. The Morgan fingerprint density at radius 1 is 1.32 bits per heavy atom. The highest BCUT2D eigenvalue weighted by Gasteiger charge is 2.28. The molecule has 0 amide bonds. The number of thioether (sulfide) groups is 1. The maximum atomic E-state index is 7.90.